The summed E-state index contributed by atoms with van der Waals surface area (Å²) in [5, 5.41) is 33.3. The van der Waals surface area contributed by atoms with Gasteiger partial charge in [-0.3, -0.25) is 19.2 Å². The minimum atomic E-state index is -1.16. The minimum absolute atomic E-state index is 0.320. The second-order valence-electron chi connectivity index (χ2n) is 15.4. The van der Waals surface area contributed by atoms with Crippen LogP contribution in [0.1, 0.15) is 57.6 Å². The van der Waals surface area contributed by atoms with Gasteiger partial charge in [-0.15, -0.1) is 0 Å². The average molecular weight is 793 g/mol. The fraction of sp³-hybridized carbons (Fsp3) is 0.512. The third-order valence-electron chi connectivity index (χ3n) is 11.7. The quantitative estimate of drug-likeness (QED) is 0.0898. The summed E-state index contributed by atoms with van der Waals surface area (Å²) >= 11 is 0. The van der Waals surface area contributed by atoms with Gasteiger partial charge in [0, 0.05) is 47.0 Å². The second kappa shape index (κ2) is 17.7. The van der Waals surface area contributed by atoms with Crippen molar-refractivity contribution in [2.75, 3.05) is 33.8 Å². The first-order valence-corrected chi connectivity index (χ1v) is 19.7. The normalized spacial score (nSPS) is 19.8. The van der Waals surface area contributed by atoms with E-state index in [1.807, 2.05) is 0 Å². The lowest BCUT2D eigenvalue weighted by Gasteiger charge is -2.31. The molecule has 0 aliphatic carbocycles. The van der Waals surface area contributed by atoms with Gasteiger partial charge in [0.2, 0.25) is 23.6 Å². The highest BCUT2D eigenvalue weighted by Crippen LogP contribution is 2.39. The van der Waals surface area contributed by atoms with E-state index < -0.39 is 72.1 Å². The van der Waals surface area contributed by atoms with Crippen LogP contribution in [0, 0.1) is 11.6 Å². The predicted octanol–water partition coefficient (Wildman–Crippen LogP) is 2.22. The summed E-state index contributed by atoms with van der Waals surface area (Å²) in [7, 11) is 3.26. The number of H-pyrrole nitrogens is 2. The molecule has 57 heavy (non-hydrogen) atoms. The Morgan fingerprint density at radius 2 is 1.21 bits per heavy atom. The van der Waals surface area contributed by atoms with Gasteiger partial charge < -0.3 is 51.2 Å². The van der Waals surface area contributed by atoms with E-state index in [0.29, 0.717) is 74.0 Å². The summed E-state index contributed by atoms with van der Waals surface area (Å²) < 4.78 is 29.5. The van der Waals surface area contributed by atoms with Gasteiger partial charge in [0.1, 0.15) is 23.7 Å². The SMILES string of the molecule is CN[C@@H](C)C(=O)N[C@@H](CO)C(=O)N1CCC[C@H]1Cc1c(-c2[nH]c3cc(F)ccc3c2C[C@@H]2CCCN2C(=O)[C@@H](NC(=O)[C@H](C)NC)[C@H](C)O)[nH]c2cc(F)ccc12. The molecule has 4 amide bonds. The Bertz CT molecular complexity index is 2120. The number of carbonyl (C=O) groups is 4. The topological polar surface area (TPSA) is 195 Å². The van der Waals surface area contributed by atoms with E-state index in [2.05, 4.69) is 31.2 Å². The van der Waals surface area contributed by atoms with Gasteiger partial charge in [-0.2, -0.15) is 0 Å². The van der Waals surface area contributed by atoms with Gasteiger partial charge in [0.25, 0.3) is 0 Å². The first kappa shape index (κ1) is 41.7. The Morgan fingerprint density at radius 1 is 0.754 bits per heavy atom. The van der Waals surface area contributed by atoms with Gasteiger partial charge in [-0.25, -0.2) is 8.78 Å². The molecule has 2 aliphatic rings. The molecule has 2 fully saturated rings. The van der Waals surface area contributed by atoms with Gasteiger partial charge in [-0.1, -0.05) is 0 Å². The number of benzene rings is 2. The highest BCUT2D eigenvalue weighted by Gasteiger charge is 2.39. The van der Waals surface area contributed by atoms with Crippen molar-refractivity contribution in [3.8, 4) is 11.4 Å². The third kappa shape index (κ3) is 8.68. The second-order valence-corrected chi connectivity index (χ2v) is 15.4. The molecule has 0 spiro atoms. The van der Waals surface area contributed by atoms with Crippen LogP contribution in [0.2, 0.25) is 0 Å². The van der Waals surface area contributed by atoms with Crippen LogP contribution in [-0.4, -0.2) is 130 Å². The predicted molar refractivity (Wildman–Crippen MR) is 212 cm³/mol. The molecular formula is C41H54F2N8O6. The first-order chi connectivity index (χ1) is 27.3. The van der Waals surface area contributed by atoms with Crippen molar-refractivity contribution in [1.82, 2.24) is 41.0 Å². The lowest BCUT2D eigenvalue weighted by atomic mass is 9.95. The van der Waals surface area contributed by atoms with Crippen molar-refractivity contribution in [2.45, 2.75) is 102 Å². The molecule has 4 heterocycles. The fourth-order valence-corrected chi connectivity index (χ4v) is 8.24. The van der Waals surface area contributed by atoms with E-state index in [0.717, 1.165) is 21.9 Å². The Morgan fingerprint density at radius 3 is 1.65 bits per heavy atom. The number of aliphatic hydroxyl groups excluding tert-OH is 2. The Kier molecular flexibility index (Phi) is 13.0. The molecule has 7 atom stereocenters. The van der Waals surface area contributed by atoms with E-state index in [1.165, 1.54) is 31.2 Å². The van der Waals surface area contributed by atoms with Gasteiger partial charge in [0.05, 0.1) is 36.2 Å². The van der Waals surface area contributed by atoms with Crippen molar-refractivity contribution in [2.24, 2.45) is 0 Å². The van der Waals surface area contributed by atoms with Crippen molar-refractivity contribution < 1.29 is 38.2 Å². The zero-order valence-corrected chi connectivity index (χ0v) is 33.0. The van der Waals surface area contributed by atoms with Gasteiger partial charge in [0.15, 0.2) is 0 Å². The number of hydrogen-bond donors (Lipinski definition) is 8. The Balaban J connectivity index is 1.38. The monoisotopic (exact) mass is 792 g/mol. The fourth-order valence-electron chi connectivity index (χ4n) is 8.24. The number of fused-ring (bicyclic) bond motifs is 2. The standard InChI is InChI=1S/C41H54F2N8O6/c1-21(44-4)38(54)48-34(20-52)40(56)50-14-6-8-26(50)18-30-28-12-10-24(42)16-32(28)46-36(30)37-31(29-13-11-25(43)17-33(29)47-37)19-27-9-7-15-51(27)41(57)35(23(3)53)49-39(55)22(2)45-5/h10-13,16-17,21-23,26-27,34-35,44-47,52-53H,6-9,14-15,18-20H2,1-5H3,(H,48,54)(H,49,55)/t21-,22-,23-,26-,27-,34-,35-/m0/s1. The highest BCUT2D eigenvalue weighted by atomic mass is 19.1. The maximum absolute atomic E-state index is 14.8. The maximum Gasteiger partial charge on any atom is 0.248 e. The molecular weight excluding hydrogens is 738 g/mol. The van der Waals surface area contributed by atoms with Crippen LogP contribution < -0.4 is 21.3 Å². The van der Waals surface area contributed by atoms with E-state index in [4.69, 9.17) is 0 Å². The van der Waals surface area contributed by atoms with E-state index in [1.54, 1.807) is 49.9 Å². The van der Waals surface area contributed by atoms with E-state index in [-0.39, 0.29) is 12.1 Å². The molecule has 16 heteroatoms. The van der Waals surface area contributed by atoms with Crippen molar-refractivity contribution in [3.05, 3.63) is 59.2 Å². The molecule has 8 N–H and O–H groups in total. The van der Waals surface area contributed by atoms with Crippen LogP contribution in [-0.2, 0) is 32.0 Å². The molecule has 2 aromatic heterocycles. The molecule has 308 valence electrons. The van der Waals surface area contributed by atoms with Crippen LogP contribution in [0.5, 0.6) is 0 Å². The summed E-state index contributed by atoms with van der Waals surface area (Å²) in [6, 6.07) is 4.83. The molecule has 0 saturated carbocycles. The van der Waals surface area contributed by atoms with Crippen LogP contribution in [0.25, 0.3) is 33.2 Å². The largest absolute Gasteiger partial charge is 0.394 e. The van der Waals surface area contributed by atoms with Crippen molar-refractivity contribution in [3.63, 3.8) is 0 Å². The van der Waals surface area contributed by atoms with Crippen LogP contribution in [0.3, 0.4) is 0 Å². The summed E-state index contributed by atoms with van der Waals surface area (Å²) in [6.45, 7) is 5.05. The zero-order valence-electron chi connectivity index (χ0n) is 33.0. The summed E-state index contributed by atoms with van der Waals surface area (Å²) in [6.07, 6.45) is 2.23. The molecule has 14 nitrogen and oxygen atoms in total. The van der Waals surface area contributed by atoms with Gasteiger partial charge >= 0.3 is 0 Å². The molecule has 6 rings (SSSR count). The summed E-state index contributed by atoms with van der Waals surface area (Å²) in [5.41, 5.74) is 3.90. The maximum atomic E-state index is 14.8. The number of likely N-dealkylation sites (tertiary alicyclic amines) is 2. The molecule has 2 aromatic carbocycles. The van der Waals surface area contributed by atoms with Crippen molar-refractivity contribution in [1.29, 1.82) is 0 Å². The smallest absolute Gasteiger partial charge is 0.248 e. The number of halogens is 2. The molecule has 0 radical (unpaired) electrons. The number of carbonyl (C=O) groups excluding carboxylic acids is 4. The summed E-state index contributed by atoms with van der Waals surface area (Å²) in [4.78, 5) is 63.6. The Labute approximate surface area is 330 Å². The lowest BCUT2D eigenvalue weighted by molar-refractivity contribution is -0.140. The average Bonchev–Trinajstić information content (AvgIpc) is 4.00. The first-order valence-electron chi connectivity index (χ1n) is 19.7. The number of hydrogen-bond acceptors (Lipinski definition) is 8. The van der Waals surface area contributed by atoms with E-state index in [9.17, 15) is 38.2 Å². The zero-order chi connectivity index (χ0) is 41.1. The third-order valence-corrected chi connectivity index (χ3v) is 11.7. The number of likely N-dealkylation sites (N-methyl/N-ethyl adjacent to an activating group) is 2. The molecule has 2 aliphatic heterocycles. The number of aromatic nitrogens is 2. The number of amides is 4. The molecule has 4 aromatic rings. The molecule has 2 saturated heterocycles. The van der Waals surface area contributed by atoms with Crippen LogP contribution in [0.4, 0.5) is 8.78 Å². The highest BCUT2D eigenvalue weighted by molar-refractivity contribution is 5.97. The van der Waals surface area contributed by atoms with Crippen molar-refractivity contribution >= 4 is 45.4 Å². The number of nitrogens with zero attached hydrogens (tertiary/aromatic N) is 2. The van der Waals surface area contributed by atoms with Crippen LogP contribution >= 0.6 is 0 Å². The number of nitrogens with one attached hydrogen (secondary N) is 6. The molecule has 0 unspecified atom stereocenters. The Hall–Kier alpha value is -4.90. The number of aromatic amines is 2. The molecule has 0 bridgehead atoms. The number of aliphatic hydroxyl groups is 2. The lowest BCUT2D eigenvalue weighted by Crippen LogP contribution is -2.57. The van der Waals surface area contributed by atoms with E-state index >= 15 is 0 Å². The number of rotatable bonds is 15. The van der Waals surface area contributed by atoms with Crippen LogP contribution in [0.15, 0.2) is 36.4 Å². The minimum Gasteiger partial charge on any atom is -0.394 e. The summed E-state index contributed by atoms with van der Waals surface area (Å²) in [5.74, 6) is -2.52. The van der Waals surface area contributed by atoms with Gasteiger partial charge in [-0.05, 0) is 121 Å².